The molecule has 0 fully saturated rings. The fourth-order valence-corrected chi connectivity index (χ4v) is 3.08. The first-order valence-corrected chi connectivity index (χ1v) is 10.9. The van der Waals surface area contributed by atoms with Gasteiger partial charge in [0.2, 0.25) is 0 Å². The Kier molecular flexibility index (Phi) is 10.3. The van der Waals surface area contributed by atoms with Gasteiger partial charge in [0.05, 0.1) is 18.4 Å². The highest BCUT2D eigenvalue weighted by Crippen LogP contribution is 2.20. The standard InChI is InChI=1S/C22H31BrN2O6/c1-13(2)17(25-21(29)30-12-14-9-7-6-8-10-14)18(27)15(19(28)20(23)24)11-16(26)31-22(3,4)5/h6-10,13,15,17,20H,11-12,24H2,1-5H3,(H,25,29)/t15?,17-,20?/m0/s1. The third-order valence-electron chi connectivity index (χ3n) is 4.21. The molecular formula is C22H31BrN2O6. The van der Waals surface area contributed by atoms with E-state index in [0.717, 1.165) is 5.56 Å². The number of benzene rings is 1. The minimum Gasteiger partial charge on any atom is -0.460 e. The number of hydrogen-bond donors (Lipinski definition) is 2. The topological polar surface area (TPSA) is 125 Å². The van der Waals surface area contributed by atoms with Crippen LogP contribution < -0.4 is 11.1 Å². The lowest BCUT2D eigenvalue weighted by Gasteiger charge is -2.26. The van der Waals surface area contributed by atoms with Crippen LogP contribution in [0.2, 0.25) is 0 Å². The maximum atomic E-state index is 13.2. The number of rotatable bonds is 10. The fraction of sp³-hybridized carbons (Fsp3) is 0.545. The molecule has 8 nitrogen and oxygen atoms in total. The number of amides is 1. The number of carbonyl (C=O) groups is 4. The maximum absolute atomic E-state index is 13.2. The Labute approximate surface area is 191 Å². The third kappa shape index (κ3) is 9.61. The largest absolute Gasteiger partial charge is 0.460 e. The van der Waals surface area contributed by atoms with Crippen molar-refractivity contribution >= 4 is 39.6 Å². The fourth-order valence-electron chi connectivity index (χ4n) is 2.76. The van der Waals surface area contributed by atoms with E-state index in [1.165, 1.54) is 0 Å². The van der Waals surface area contributed by atoms with E-state index >= 15 is 0 Å². The van der Waals surface area contributed by atoms with Crippen molar-refractivity contribution in [3.63, 3.8) is 0 Å². The van der Waals surface area contributed by atoms with E-state index in [0.29, 0.717) is 0 Å². The van der Waals surface area contributed by atoms with Crippen molar-refractivity contribution in [1.29, 1.82) is 0 Å². The number of ketones is 2. The Morgan fingerprint density at radius 3 is 2.13 bits per heavy atom. The molecule has 9 heteroatoms. The van der Waals surface area contributed by atoms with E-state index in [9.17, 15) is 19.2 Å². The molecule has 1 rings (SSSR count). The molecule has 0 radical (unpaired) electrons. The first kappa shape index (κ1) is 26.8. The molecule has 0 saturated carbocycles. The average Bonchev–Trinajstić information content (AvgIpc) is 2.66. The summed E-state index contributed by atoms with van der Waals surface area (Å²) in [4.78, 5) is 49.1. The smallest absolute Gasteiger partial charge is 0.408 e. The SMILES string of the molecule is CC(C)[C@H](NC(=O)OCc1ccccc1)C(=O)C(CC(=O)OC(C)(C)C)C(=O)C(N)Br. The van der Waals surface area contributed by atoms with Gasteiger partial charge in [-0.15, -0.1) is 0 Å². The number of hydrogen-bond acceptors (Lipinski definition) is 7. The molecule has 1 aromatic carbocycles. The molecule has 3 N–H and O–H groups in total. The normalized spacial score (nSPS) is 14.3. The Morgan fingerprint density at radius 2 is 1.65 bits per heavy atom. The van der Waals surface area contributed by atoms with Crippen LogP contribution in [0, 0.1) is 11.8 Å². The van der Waals surface area contributed by atoms with Crippen LogP contribution in [0.15, 0.2) is 30.3 Å². The van der Waals surface area contributed by atoms with Crippen LogP contribution in [-0.4, -0.2) is 40.2 Å². The van der Waals surface area contributed by atoms with Crippen molar-refractivity contribution in [2.75, 3.05) is 0 Å². The number of Topliss-reactive ketones (excluding diaryl/α,β-unsaturated/α-hetero) is 2. The molecule has 31 heavy (non-hydrogen) atoms. The monoisotopic (exact) mass is 498 g/mol. The first-order chi connectivity index (χ1) is 14.3. The van der Waals surface area contributed by atoms with E-state index in [1.807, 2.05) is 18.2 Å². The molecule has 3 atom stereocenters. The molecule has 1 amide bonds. The number of halogens is 1. The maximum Gasteiger partial charge on any atom is 0.408 e. The Hall–Kier alpha value is -2.26. The van der Waals surface area contributed by atoms with Gasteiger partial charge in [0.15, 0.2) is 11.6 Å². The van der Waals surface area contributed by atoms with Gasteiger partial charge < -0.3 is 20.5 Å². The van der Waals surface area contributed by atoms with Crippen molar-refractivity contribution in [2.24, 2.45) is 17.6 Å². The summed E-state index contributed by atoms with van der Waals surface area (Å²) in [5.74, 6) is -3.73. The van der Waals surface area contributed by atoms with Gasteiger partial charge in [0, 0.05) is 0 Å². The minimum absolute atomic E-state index is 0.0260. The Bertz CT molecular complexity index is 774. The van der Waals surface area contributed by atoms with Crippen LogP contribution >= 0.6 is 15.9 Å². The summed E-state index contributed by atoms with van der Waals surface area (Å²) in [7, 11) is 0. The quantitative estimate of drug-likeness (QED) is 0.219. The van der Waals surface area contributed by atoms with Gasteiger partial charge in [-0.3, -0.25) is 14.4 Å². The predicted molar refractivity (Wildman–Crippen MR) is 119 cm³/mol. The highest BCUT2D eigenvalue weighted by atomic mass is 79.9. The van der Waals surface area contributed by atoms with Crippen molar-refractivity contribution in [1.82, 2.24) is 5.32 Å². The van der Waals surface area contributed by atoms with Gasteiger partial charge in [-0.1, -0.05) is 60.1 Å². The number of alkyl halides is 1. The van der Waals surface area contributed by atoms with Crippen molar-refractivity contribution in [2.45, 2.75) is 64.2 Å². The van der Waals surface area contributed by atoms with E-state index in [-0.39, 0.29) is 12.5 Å². The molecule has 0 bridgehead atoms. The lowest BCUT2D eigenvalue weighted by Crippen LogP contribution is -2.50. The summed E-state index contributed by atoms with van der Waals surface area (Å²) >= 11 is 2.96. The van der Waals surface area contributed by atoms with Gasteiger partial charge in [0.1, 0.15) is 17.2 Å². The summed E-state index contributed by atoms with van der Waals surface area (Å²) < 4.78 is 10.4. The second kappa shape index (κ2) is 12.0. The lowest BCUT2D eigenvalue weighted by molar-refractivity contribution is -0.158. The summed E-state index contributed by atoms with van der Waals surface area (Å²) in [6, 6.07) is 8.01. The van der Waals surface area contributed by atoms with Crippen LogP contribution in [0.25, 0.3) is 0 Å². The predicted octanol–water partition coefficient (Wildman–Crippen LogP) is 3.10. The summed E-state index contributed by atoms with van der Waals surface area (Å²) in [5, 5.41) is 2.51. The van der Waals surface area contributed by atoms with E-state index < -0.39 is 52.6 Å². The van der Waals surface area contributed by atoms with Crippen LogP contribution in [0.5, 0.6) is 0 Å². The van der Waals surface area contributed by atoms with Crippen LogP contribution in [-0.2, 0) is 30.5 Å². The number of alkyl carbamates (subject to hydrolysis) is 1. The highest BCUT2D eigenvalue weighted by Gasteiger charge is 2.38. The summed E-state index contributed by atoms with van der Waals surface area (Å²) in [6.07, 6.45) is -1.28. The number of nitrogens with one attached hydrogen (secondary N) is 1. The molecule has 172 valence electrons. The lowest BCUT2D eigenvalue weighted by atomic mass is 9.86. The Balaban J connectivity index is 2.93. The number of nitrogens with two attached hydrogens (primary N) is 1. The first-order valence-electron chi connectivity index (χ1n) is 9.98. The molecule has 0 aliphatic rings. The summed E-state index contributed by atoms with van der Waals surface area (Å²) in [5.41, 5.74) is 5.63. The number of carbonyl (C=O) groups excluding carboxylic acids is 4. The molecule has 0 aliphatic carbocycles. The molecule has 0 saturated heterocycles. The Morgan fingerprint density at radius 1 is 1.06 bits per heavy atom. The zero-order valence-corrected chi connectivity index (χ0v) is 20.1. The zero-order valence-electron chi connectivity index (χ0n) is 18.5. The number of ether oxygens (including phenoxy) is 2. The van der Waals surface area contributed by atoms with E-state index in [2.05, 4.69) is 21.2 Å². The second-order valence-corrected chi connectivity index (χ2v) is 9.46. The van der Waals surface area contributed by atoms with Crippen molar-refractivity contribution in [3.05, 3.63) is 35.9 Å². The molecule has 0 heterocycles. The van der Waals surface area contributed by atoms with Crippen LogP contribution in [0.4, 0.5) is 4.79 Å². The van der Waals surface area contributed by atoms with Gasteiger partial charge in [0.25, 0.3) is 0 Å². The molecule has 0 spiro atoms. The number of esters is 1. The molecule has 0 aromatic heterocycles. The van der Waals surface area contributed by atoms with E-state index in [4.69, 9.17) is 15.2 Å². The molecule has 1 aromatic rings. The summed E-state index contributed by atoms with van der Waals surface area (Å²) in [6.45, 7) is 8.49. The van der Waals surface area contributed by atoms with Gasteiger partial charge in [-0.05, 0) is 32.3 Å². The molecule has 2 unspecified atom stereocenters. The average molecular weight is 499 g/mol. The second-order valence-electron chi connectivity index (χ2n) is 8.48. The van der Waals surface area contributed by atoms with Crippen molar-refractivity contribution in [3.8, 4) is 0 Å². The van der Waals surface area contributed by atoms with E-state index in [1.54, 1.807) is 46.8 Å². The minimum atomic E-state index is -1.37. The van der Waals surface area contributed by atoms with Crippen molar-refractivity contribution < 1.29 is 28.7 Å². The van der Waals surface area contributed by atoms with Gasteiger partial charge in [-0.25, -0.2) is 4.79 Å². The van der Waals surface area contributed by atoms with Gasteiger partial charge in [-0.2, -0.15) is 0 Å². The zero-order chi connectivity index (χ0) is 23.8. The third-order valence-corrected chi connectivity index (χ3v) is 4.66. The molecule has 0 aliphatic heterocycles. The van der Waals surface area contributed by atoms with Crippen LogP contribution in [0.3, 0.4) is 0 Å². The highest BCUT2D eigenvalue weighted by molar-refractivity contribution is 9.09. The van der Waals surface area contributed by atoms with Crippen LogP contribution in [0.1, 0.15) is 46.6 Å². The molecular weight excluding hydrogens is 468 g/mol. The van der Waals surface area contributed by atoms with Gasteiger partial charge >= 0.3 is 12.1 Å².